The van der Waals surface area contributed by atoms with Gasteiger partial charge in [0.25, 0.3) is 0 Å². The van der Waals surface area contributed by atoms with Crippen LogP contribution in [-0.4, -0.2) is 37.1 Å². The highest BCUT2D eigenvalue weighted by molar-refractivity contribution is 4.75. The molecule has 0 aromatic rings. The molecule has 0 aromatic carbocycles. The van der Waals surface area contributed by atoms with Crippen LogP contribution in [0.15, 0.2) is 0 Å². The number of nitrogens with zero attached hydrogens (tertiary/aromatic N) is 1. The predicted molar refractivity (Wildman–Crippen MR) is 67.2 cm³/mol. The minimum absolute atomic E-state index is 0.635. The molecule has 1 heterocycles. The van der Waals surface area contributed by atoms with Gasteiger partial charge in [-0.05, 0) is 44.8 Å². The average Bonchev–Trinajstić information content (AvgIpc) is 2.24. The van der Waals surface area contributed by atoms with E-state index >= 15 is 0 Å². The number of rotatable bonds is 6. The zero-order chi connectivity index (χ0) is 11.1. The summed E-state index contributed by atoms with van der Waals surface area (Å²) in [7, 11) is 0. The molecule has 1 N–H and O–H groups in total. The van der Waals surface area contributed by atoms with Gasteiger partial charge in [-0.15, -0.1) is 0 Å². The van der Waals surface area contributed by atoms with Crippen LogP contribution in [0, 0.1) is 5.92 Å². The van der Waals surface area contributed by atoms with Gasteiger partial charge in [0.05, 0.1) is 0 Å². The fourth-order valence-electron chi connectivity index (χ4n) is 2.31. The molecule has 1 aliphatic rings. The molecule has 1 rings (SSSR count). The Hall–Kier alpha value is -0.0800. The molecule has 2 nitrogen and oxygen atoms in total. The van der Waals surface area contributed by atoms with Crippen molar-refractivity contribution in [2.75, 3.05) is 26.2 Å². The van der Waals surface area contributed by atoms with Gasteiger partial charge in [0.1, 0.15) is 0 Å². The molecule has 0 amide bonds. The number of likely N-dealkylation sites (tertiary alicyclic amines) is 1. The van der Waals surface area contributed by atoms with Gasteiger partial charge in [0.2, 0.25) is 0 Å². The average molecular weight is 212 g/mol. The summed E-state index contributed by atoms with van der Waals surface area (Å²) in [5, 5.41) is 3.57. The van der Waals surface area contributed by atoms with E-state index < -0.39 is 0 Å². The second-order valence-electron chi connectivity index (χ2n) is 5.23. The van der Waals surface area contributed by atoms with E-state index in [-0.39, 0.29) is 0 Å². The monoisotopic (exact) mass is 212 g/mol. The molecule has 0 bridgehead atoms. The van der Waals surface area contributed by atoms with E-state index in [1.54, 1.807) is 0 Å². The molecular weight excluding hydrogens is 184 g/mol. The number of hydrogen-bond acceptors (Lipinski definition) is 2. The summed E-state index contributed by atoms with van der Waals surface area (Å²) < 4.78 is 0. The largest absolute Gasteiger partial charge is 0.314 e. The third-order valence-electron chi connectivity index (χ3n) is 3.25. The SMILES string of the molecule is CCCCN1CCCC(CNC(C)C)C1. The van der Waals surface area contributed by atoms with Crippen LogP contribution in [0.25, 0.3) is 0 Å². The lowest BCUT2D eigenvalue weighted by Gasteiger charge is -2.33. The highest BCUT2D eigenvalue weighted by Gasteiger charge is 2.18. The van der Waals surface area contributed by atoms with Crippen molar-refractivity contribution in [2.24, 2.45) is 5.92 Å². The van der Waals surface area contributed by atoms with Crippen molar-refractivity contribution in [3.05, 3.63) is 0 Å². The first kappa shape index (κ1) is 13.0. The van der Waals surface area contributed by atoms with E-state index in [2.05, 4.69) is 31.0 Å². The van der Waals surface area contributed by atoms with Crippen LogP contribution in [0.5, 0.6) is 0 Å². The Balaban J connectivity index is 2.17. The van der Waals surface area contributed by atoms with Crippen LogP contribution in [-0.2, 0) is 0 Å². The molecule has 0 spiro atoms. The van der Waals surface area contributed by atoms with Crippen molar-refractivity contribution in [3.8, 4) is 0 Å². The molecule has 15 heavy (non-hydrogen) atoms. The zero-order valence-electron chi connectivity index (χ0n) is 10.8. The maximum Gasteiger partial charge on any atom is 0.00218 e. The molecule has 1 atom stereocenters. The standard InChI is InChI=1S/C13H28N2/c1-4-5-8-15-9-6-7-13(11-15)10-14-12(2)3/h12-14H,4-11H2,1-3H3. The van der Waals surface area contributed by atoms with Crippen molar-refractivity contribution in [1.82, 2.24) is 10.2 Å². The number of piperidine rings is 1. The summed E-state index contributed by atoms with van der Waals surface area (Å²) in [6.07, 6.45) is 5.51. The third kappa shape index (κ3) is 5.53. The van der Waals surface area contributed by atoms with Crippen molar-refractivity contribution >= 4 is 0 Å². The highest BCUT2D eigenvalue weighted by atomic mass is 15.1. The molecule has 0 aromatic heterocycles. The van der Waals surface area contributed by atoms with Gasteiger partial charge >= 0.3 is 0 Å². The Labute approximate surface area is 95.4 Å². The Kier molecular flexibility index (Phi) is 6.26. The number of unbranched alkanes of at least 4 members (excludes halogenated alkanes) is 1. The van der Waals surface area contributed by atoms with Gasteiger partial charge in [-0.3, -0.25) is 0 Å². The lowest BCUT2D eigenvalue weighted by Crippen LogP contribution is -2.41. The highest BCUT2D eigenvalue weighted by Crippen LogP contribution is 2.16. The summed E-state index contributed by atoms with van der Waals surface area (Å²) in [5.74, 6) is 0.887. The van der Waals surface area contributed by atoms with Crippen LogP contribution in [0.4, 0.5) is 0 Å². The molecule has 1 aliphatic heterocycles. The second-order valence-corrected chi connectivity index (χ2v) is 5.23. The zero-order valence-corrected chi connectivity index (χ0v) is 10.8. The molecule has 1 unspecified atom stereocenters. The van der Waals surface area contributed by atoms with Gasteiger partial charge in [-0.2, -0.15) is 0 Å². The third-order valence-corrected chi connectivity index (χ3v) is 3.25. The lowest BCUT2D eigenvalue weighted by atomic mass is 9.97. The Morgan fingerprint density at radius 3 is 2.87 bits per heavy atom. The molecular formula is C13H28N2. The van der Waals surface area contributed by atoms with E-state index in [1.807, 2.05) is 0 Å². The Bertz CT molecular complexity index is 157. The van der Waals surface area contributed by atoms with E-state index in [4.69, 9.17) is 0 Å². The smallest absolute Gasteiger partial charge is 0.00218 e. The first-order chi connectivity index (χ1) is 7.22. The molecule has 0 radical (unpaired) electrons. The molecule has 2 heteroatoms. The quantitative estimate of drug-likeness (QED) is 0.728. The second kappa shape index (κ2) is 7.24. The van der Waals surface area contributed by atoms with E-state index in [0.717, 1.165) is 5.92 Å². The fourth-order valence-corrected chi connectivity index (χ4v) is 2.31. The summed E-state index contributed by atoms with van der Waals surface area (Å²) in [4.78, 5) is 2.65. The van der Waals surface area contributed by atoms with E-state index in [9.17, 15) is 0 Å². The predicted octanol–water partition coefficient (Wildman–Crippen LogP) is 2.50. The molecule has 1 saturated heterocycles. The minimum Gasteiger partial charge on any atom is -0.314 e. The van der Waals surface area contributed by atoms with Crippen LogP contribution in [0.3, 0.4) is 0 Å². The number of nitrogens with one attached hydrogen (secondary N) is 1. The maximum atomic E-state index is 3.57. The lowest BCUT2D eigenvalue weighted by molar-refractivity contribution is 0.169. The van der Waals surface area contributed by atoms with Gasteiger partial charge < -0.3 is 10.2 Å². The normalized spacial score (nSPS) is 23.6. The van der Waals surface area contributed by atoms with Gasteiger partial charge in [0.15, 0.2) is 0 Å². The van der Waals surface area contributed by atoms with Crippen LogP contribution in [0.2, 0.25) is 0 Å². The summed E-state index contributed by atoms with van der Waals surface area (Å²) >= 11 is 0. The van der Waals surface area contributed by atoms with Crippen molar-refractivity contribution < 1.29 is 0 Å². The summed E-state index contributed by atoms with van der Waals surface area (Å²) in [5.41, 5.74) is 0. The van der Waals surface area contributed by atoms with Crippen LogP contribution >= 0.6 is 0 Å². The van der Waals surface area contributed by atoms with Crippen molar-refractivity contribution in [2.45, 2.75) is 52.5 Å². The summed E-state index contributed by atoms with van der Waals surface area (Å²) in [6, 6.07) is 0.635. The van der Waals surface area contributed by atoms with E-state index in [0.29, 0.717) is 6.04 Å². The van der Waals surface area contributed by atoms with Crippen molar-refractivity contribution in [1.29, 1.82) is 0 Å². The Morgan fingerprint density at radius 2 is 2.20 bits per heavy atom. The Morgan fingerprint density at radius 1 is 1.40 bits per heavy atom. The van der Waals surface area contributed by atoms with Crippen molar-refractivity contribution in [3.63, 3.8) is 0 Å². The fraction of sp³-hybridized carbons (Fsp3) is 1.00. The van der Waals surface area contributed by atoms with Crippen LogP contribution < -0.4 is 5.32 Å². The molecule has 0 saturated carbocycles. The first-order valence-corrected chi connectivity index (χ1v) is 6.68. The molecule has 1 fully saturated rings. The summed E-state index contributed by atoms with van der Waals surface area (Å²) in [6.45, 7) is 11.9. The van der Waals surface area contributed by atoms with Gasteiger partial charge in [0, 0.05) is 12.6 Å². The topological polar surface area (TPSA) is 15.3 Å². The molecule has 0 aliphatic carbocycles. The minimum atomic E-state index is 0.635. The van der Waals surface area contributed by atoms with Gasteiger partial charge in [-0.1, -0.05) is 27.2 Å². The molecule has 90 valence electrons. The van der Waals surface area contributed by atoms with Crippen LogP contribution in [0.1, 0.15) is 46.5 Å². The maximum absolute atomic E-state index is 3.57. The van der Waals surface area contributed by atoms with Gasteiger partial charge in [-0.25, -0.2) is 0 Å². The first-order valence-electron chi connectivity index (χ1n) is 6.68. The number of hydrogen-bond donors (Lipinski definition) is 1. The van der Waals surface area contributed by atoms with E-state index in [1.165, 1.54) is 51.9 Å².